The second-order valence-corrected chi connectivity index (χ2v) is 7.33. The van der Waals surface area contributed by atoms with Crippen LogP contribution >= 0.6 is 0 Å². The number of nitrogens with zero attached hydrogens (tertiary/aromatic N) is 1. The number of methoxy groups -OCH3 is 1. The molecule has 0 spiro atoms. The van der Waals surface area contributed by atoms with Crippen LogP contribution in [0, 0.1) is 11.8 Å². The molecule has 1 N–H and O–H groups in total. The van der Waals surface area contributed by atoms with Gasteiger partial charge in [-0.1, -0.05) is 24.3 Å². The molecule has 3 nitrogen and oxygen atoms in total. The zero-order chi connectivity index (χ0) is 16.4. The molecule has 1 aromatic heterocycles. The summed E-state index contributed by atoms with van der Waals surface area (Å²) in [6, 6.07) is 13.7. The van der Waals surface area contributed by atoms with Crippen LogP contribution < -0.4 is 5.32 Å². The minimum atomic E-state index is 0.515. The first kappa shape index (κ1) is 15.8. The lowest BCUT2D eigenvalue weighted by atomic mass is 10.0. The molecule has 1 heterocycles. The number of pyridine rings is 1. The van der Waals surface area contributed by atoms with Gasteiger partial charge in [0.15, 0.2) is 0 Å². The summed E-state index contributed by atoms with van der Waals surface area (Å²) in [5.41, 5.74) is 3.84. The Labute approximate surface area is 144 Å². The summed E-state index contributed by atoms with van der Waals surface area (Å²) in [4.78, 5) is 4.08. The van der Waals surface area contributed by atoms with Crippen LogP contribution in [0.2, 0.25) is 0 Å². The Balaban J connectivity index is 1.30. The average molecular weight is 322 g/mol. The third-order valence-electron chi connectivity index (χ3n) is 5.87. The summed E-state index contributed by atoms with van der Waals surface area (Å²) < 4.78 is 5.54. The van der Waals surface area contributed by atoms with Crippen molar-refractivity contribution in [3.63, 3.8) is 0 Å². The van der Waals surface area contributed by atoms with Crippen molar-refractivity contribution >= 4 is 0 Å². The minimum absolute atomic E-state index is 0.515. The molecule has 4 rings (SSSR count). The molecule has 0 bridgehead atoms. The predicted molar refractivity (Wildman–Crippen MR) is 96.5 cm³/mol. The van der Waals surface area contributed by atoms with Gasteiger partial charge >= 0.3 is 0 Å². The Morgan fingerprint density at radius 1 is 0.917 bits per heavy atom. The van der Waals surface area contributed by atoms with Crippen LogP contribution in [-0.2, 0) is 11.3 Å². The van der Waals surface area contributed by atoms with Gasteiger partial charge in [-0.25, -0.2) is 0 Å². The van der Waals surface area contributed by atoms with Gasteiger partial charge in [0, 0.05) is 32.1 Å². The molecule has 0 radical (unpaired) electrons. The lowest BCUT2D eigenvalue weighted by Gasteiger charge is -2.16. The van der Waals surface area contributed by atoms with E-state index in [1.54, 1.807) is 0 Å². The molecule has 2 aliphatic rings. The lowest BCUT2D eigenvalue weighted by molar-refractivity contribution is 0.100. The summed E-state index contributed by atoms with van der Waals surface area (Å²) >= 11 is 0. The monoisotopic (exact) mass is 322 g/mol. The van der Waals surface area contributed by atoms with Gasteiger partial charge < -0.3 is 10.1 Å². The van der Waals surface area contributed by atoms with Crippen LogP contribution in [0.15, 0.2) is 48.8 Å². The van der Waals surface area contributed by atoms with E-state index in [0.29, 0.717) is 12.1 Å². The highest BCUT2D eigenvalue weighted by Gasteiger charge is 2.41. The number of ether oxygens (including phenoxy) is 1. The largest absolute Gasteiger partial charge is 0.381 e. The summed E-state index contributed by atoms with van der Waals surface area (Å²) in [6.45, 7) is 0.967. The van der Waals surface area contributed by atoms with Crippen molar-refractivity contribution in [3.05, 3.63) is 54.4 Å². The van der Waals surface area contributed by atoms with E-state index in [2.05, 4.69) is 46.7 Å². The summed E-state index contributed by atoms with van der Waals surface area (Å²) in [5.74, 6) is 1.75. The first-order valence-corrected chi connectivity index (χ1v) is 9.07. The summed E-state index contributed by atoms with van der Waals surface area (Å²) in [7, 11) is 1.86. The minimum Gasteiger partial charge on any atom is -0.381 e. The van der Waals surface area contributed by atoms with E-state index >= 15 is 0 Å². The van der Waals surface area contributed by atoms with E-state index in [1.165, 1.54) is 42.4 Å². The predicted octanol–water partition coefficient (Wildman–Crippen LogP) is 4.04. The molecule has 2 aromatic rings. The first-order chi connectivity index (χ1) is 11.8. The number of nitrogens with one attached hydrogen (secondary N) is 1. The van der Waals surface area contributed by atoms with Crippen molar-refractivity contribution in [3.8, 4) is 11.1 Å². The van der Waals surface area contributed by atoms with Crippen molar-refractivity contribution < 1.29 is 4.74 Å². The smallest absolute Gasteiger partial charge is 0.0576 e. The Bertz CT molecular complexity index is 641. The van der Waals surface area contributed by atoms with Gasteiger partial charge in [0.1, 0.15) is 0 Å². The highest BCUT2D eigenvalue weighted by molar-refractivity contribution is 5.62. The molecule has 4 atom stereocenters. The van der Waals surface area contributed by atoms with E-state index in [4.69, 9.17) is 4.74 Å². The number of hydrogen-bond acceptors (Lipinski definition) is 3. The van der Waals surface area contributed by atoms with Crippen molar-refractivity contribution in [1.29, 1.82) is 0 Å². The van der Waals surface area contributed by atoms with Gasteiger partial charge in [0.2, 0.25) is 0 Å². The maximum absolute atomic E-state index is 5.54. The van der Waals surface area contributed by atoms with Crippen LogP contribution in [0.3, 0.4) is 0 Å². The van der Waals surface area contributed by atoms with E-state index in [1.807, 2.05) is 19.5 Å². The SMILES string of the molecule is COC1C[C@H]2CC(NCc3ccc(-c4ccncc4)cc3)C[C@H]2C1. The number of fused-ring (bicyclic) bond motifs is 1. The third-order valence-corrected chi connectivity index (χ3v) is 5.87. The van der Waals surface area contributed by atoms with E-state index in [-0.39, 0.29) is 0 Å². The molecule has 0 amide bonds. The van der Waals surface area contributed by atoms with E-state index in [9.17, 15) is 0 Å². The molecule has 1 aromatic carbocycles. The fourth-order valence-electron chi connectivity index (χ4n) is 4.54. The number of aromatic nitrogens is 1. The van der Waals surface area contributed by atoms with Crippen LogP contribution in [-0.4, -0.2) is 24.2 Å². The maximum Gasteiger partial charge on any atom is 0.0576 e. The van der Waals surface area contributed by atoms with Crippen LogP contribution in [0.25, 0.3) is 11.1 Å². The topological polar surface area (TPSA) is 34.1 Å². The molecule has 2 saturated carbocycles. The van der Waals surface area contributed by atoms with Gasteiger partial charge in [-0.15, -0.1) is 0 Å². The fraction of sp³-hybridized carbons (Fsp3) is 0.476. The molecule has 2 unspecified atom stereocenters. The molecule has 24 heavy (non-hydrogen) atoms. The standard InChI is InChI=1S/C21H26N2O/c1-24-21-12-18-10-20(11-19(18)13-21)23-14-15-2-4-16(5-3-15)17-6-8-22-9-7-17/h2-9,18-21,23H,10-14H2,1H3/t18-,19+,20?,21?. The molecule has 0 aliphatic heterocycles. The van der Waals surface area contributed by atoms with Gasteiger partial charge in [0.05, 0.1) is 6.10 Å². The van der Waals surface area contributed by atoms with Gasteiger partial charge in [0.25, 0.3) is 0 Å². The summed E-state index contributed by atoms with van der Waals surface area (Å²) in [5, 5.41) is 3.77. The van der Waals surface area contributed by atoms with E-state index < -0.39 is 0 Å². The number of hydrogen-bond donors (Lipinski definition) is 1. The zero-order valence-electron chi connectivity index (χ0n) is 14.3. The van der Waals surface area contributed by atoms with Crippen LogP contribution in [0.4, 0.5) is 0 Å². The molecular weight excluding hydrogens is 296 g/mol. The highest BCUT2D eigenvalue weighted by Crippen LogP contribution is 2.45. The molecule has 3 heteroatoms. The van der Waals surface area contributed by atoms with Crippen molar-refractivity contribution in [2.24, 2.45) is 11.8 Å². The van der Waals surface area contributed by atoms with Crippen LogP contribution in [0.1, 0.15) is 31.2 Å². The summed E-state index contributed by atoms with van der Waals surface area (Å²) in [6.07, 6.45) is 9.37. The normalized spacial score (nSPS) is 28.9. The van der Waals surface area contributed by atoms with Gasteiger partial charge in [-0.05, 0) is 66.3 Å². The number of rotatable bonds is 5. The van der Waals surface area contributed by atoms with Gasteiger partial charge in [-0.3, -0.25) is 4.98 Å². The molecular formula is C21H26N2O. The lowest BCUT2D eigenvalue weighted by Crippen LogP contribution is -2.27. The third kappa shape index (κ3) is 3.38. The Morgan fingerprint density at radius 2 is 1.54 bits per heavy atom. The Hall–Kier alpha value is -1.71. The van der Waals surface area contributed by atoms with E-state index in [0.717, 1.165) is 18.4 Å². The second kappa shape index (κ2) is 7.04. The van der Waals surface area contributed by atoms with Crippen LogP contribution in [0.5, 0.6) is 0 Å². The molecule has 0 saturated heterocycles. The Morgan fingerprint density at radius 3 is 2.17 bits per heavy atom. The van der Waals surface area contributed by atoms with Crippen molar-refractivity contribution in [2.45, 2.75) is 44.4 Å². The Kier molecular flexibility index (Phi) is 4.63. The number of benzene rings is 1. The zero-order valence-corrected chi connectivity index (χ0v) is 14.3. The molecule has 2 fully saturated rings. The average Bonchev–Trinajstić information content (AvgIpc) is 3.19. The van der Waals surface area contributed by atoms with Gasteiger partial charge in [-0.2, -0.15) is 0 Å². The highest BCUT2D eigenvalue weighted by atomic mass is 16.5. The van der Waals surface area contributed by atoms with Crippen molar-refractivity contribution in [2.75, 3.05) is 7.11 Å². The quantitative estimate of drug-likeness (QED) is 0.902. The molecule has 2 aliphatic carbocycles. The van der Waals surface area contributed by atoms with Crippen molar-refractivity contribution in [1.82, 2.24) is 10.3 Å². The first-order valence-electron chi connectivity index (χ1n) is 9.07. The molecule has 126 valence electrons. The second-order valence-electron chi connectivity index (χ2n) is 7.33. The maximum atomic E-state index is 5.54. The fourth-order valence-corrected chi connectivity index (χ4v) is 4.54.